The van der Waals surface area contributed by atoms with Crippen molar-refractivity contribution in [1.29, 1.82) is 0 Å². The van der Waals surface area contributed by atoms with Crippen LogP contribution >= 0.6 is 0 Å². The molecule has 0 radical (unpaired) electrons. The highest BCUT2D eigenvalue weighted by atomic mass is 19.1. The monoisotopic (exact) mass is 224 g/mol. The number of methoxy groups -OCH3 is 1. The Labute approximate surface area is 94.6 Å². The van der Waals surface area contributed by atoms with Crippen molar-refractivity contribution < 1.29 is 9.13 Å². The van der Waals surface area contributed by atoms with E-state index in [-0.39, 0.29) is 17.9 Å². The lowest BCUT2D eigenvalue weighted by Gasteiger charge is -2.37. The number of hydrogen-bond donors (Lipinski definition) is 2. The smallest absolute Gasteiger partial charge is 0.123 e. The van der Waals surface area contributed by atoms with E-state index in [1.165, 1.54) is 12.1 Å². The molecule has 0 amide bonds. The number of halogens is 1. The maximum Gasteiger partial charge on any atom is 0.123 e. The van der Waals surface area contributed by atoms with Crippen LogP contribution in [0, 0.1) is 11.7 Å². The molecule has 1 aliphatic rings. The Morgan fingerprint density at radius 3 is 2.69 bits per heavy atom. The fraction of sp³-hybridized carbons (Fsp3) is 0.500. The highest BCUT2D eigenvalue weighted by Crippen LogP contribution is 2.38. The molecular weight excluding hydrogens is 207 g/mol. The van der Waals surface area contributed by atoms with Gasteiger partial charge in [-0.3, -0.25) is 0 Å². The van der Waals surface area contributed by atoms with Gasteiger partial charge in [0, 0.05) is 17.6 Å². The first-order chi connectivity index (χ1) is 7.61. The molecule has 1 aromatic carbocycles. The van der Waals surface area contributed by atoms with E-state index in [0.717, 1.165) is 18.4 Å². The zero-order chi connectivity index (χ0) is 11.7. The van der Waals surface area contributed by atoms with Crippen molar-refractivity contribution in [2.24, 2.45) is 17.4 Å². The van der Waals surface area contributed by atoms with E-state index >= 15 is 0 Å². The molecule has 4 heteroatoms. The zero-order valence-corrected chi connectivity index (χ0v) is 9.32. The van der Waals surface area contributed by atoms with Crippen molar-refractivity contribution in [2.75, 3.05) is 7.11 Å². The first kappa shape index (κ1) is 11.4. The Morgan fingerprint density at radius 1 is 1.44 bits per heavy atom. The van der Waals surface area contributed by atoms with Crippen LogP contribution in [0.25, 0.3) is 0 Å². The molecule has 1 aliphatic carbocycles. The van der Waals surface area contributed by atoms with E-state index in [2.05, 4.69) is 0 Å². The SMILES string of the molecule is COc1ccc(F)cc1C(N)C1CC(N)C1. The van der Waals surface area contributed by atoms with E-state index < -0.39 is 0 Å². The molecule has 0 aromatic heterocycles. The molecule has 1 fully saturated rings. The Balaban J connectivity index is 2.21. The van der Waals surface area contributed by atoms with Gasteiger partial charge in [-0.15, -0.1) is 0 Å². The van der Waals surface area contributed by atoms with E-state index in [4.69, 9.17) is 16.2 Å². The summed E-state index contributed by atoms with van der Waals surface area (Å²) in [5.41, 5.74) is 12.6. The van der Waals surface area contributed by atoms with Crippen LogP contribution in [0.5, 0.6) is 5.75 Å². The fourth-order valence-electron chi connectivity index (χ4n) is 2.22. The van der Waals surface area contributed by atoms with Crippen molar-refractivity contribution >= 4 is 0 Å². The van der Waals surface area contributed by atoms with Gasteiger partial charge >= 0.3 is 0 Å². The third-order valence-electron chi connectivity index (χ3n) is 3.27. The number of hydrogen-bond acceptors (Lipinski definition) is 3. The summed E-state index contributed by atoms with van der Waals surface area (Å²) >= 11 is 0. The molecule has 0 aliphatic heterocycles. The molecule has 4 N–H and O–H groups in total. The highest BCUT2D eigenvalue weighted by molar-refractivity contribution is 5.37. The highest BCUT2D eigenvalue weighted by Gasteiger charge is 2.33. The van der Waals surface area contributed by atoms with Crippen molar-refractivity contribution in [1.82, 2.24) is 0 Å². The largest absolute Gasteiger partial charge is 0.496 e. The van der Waals surface area contributed by atoms with Crippen LogP contribution in [0.1, 0.15) is 24.4 Å². The molecule has 16 heavy (non-hydrogen) atoms. The Hall–Kier alpha value is -1.13. The van der Waals surface area contributed by atoms with Crippen molar-refractivity contribution in [3.05, 3.63) is 29.6 Å². The summed E-state index contributed by atoms with van der Waals surface area (Å²) in [6.45, 7) is 0. The van der Waals surface area contributed by atoms with Crippen LogP contribution in [0.15, 0.2) is 18.2 Å². The van der Waals surface area contributed by atoms with Crippen LogP contribution < -0.4 is 16.2 Å². The number of nitrogens with two attached hydrogens (primary N) is 2. The molecule has 0 bridgehead atoms. The number of ether oxygens (including phenoxy) is 1. The minimum atomic E-state index is -0.283. The van der Waals surface area contributed by atoms with Gasteiger partial charge in [-0.1, -0.05) is 0 Å². The summed E-state index contributed by atoms with van der Waals surface area (Å²) in [6.07, 6.45) is 1.81. The maximum atomic E-state index is 13.2. The van der Waals surface area contributed by atoms with Gasteiger partial charge in [0.05, 0.1) is 7.11 Å². The fourth-order valence-corrected chi connectivity index (χ4v) is 2.22. The molecule has 0 heterocycles. The third-order valence-corrected chi connectivity index (χ3v) is 3.27. The lowest BCUT2D eigenvalue weighted by molar-refractivity contribution is 0.220. The van der Waals surface area contributed by atoms with E-state index in [1.807, 2.05) is 0 Å². The molecule has 88 valence electrons. The van der Waals surface area contributed by atoms with Crippen LogP contribution in [-0.4, -0.2) is 13.2 Å². The molecular formula is C12H17FN2O. The summed E-state index contributed by atoms with van der Waals surface area (Å²) in [7, 11) is 1.57. The lowest BCUT2D eigenvalue weighted by atomic mass is 9.74. The topological polar surface area (TPSA) is 61.3 Å². The Kier molecular flexibility index (Phi) is 3.12. The predicted molar refractivity (Wildman–Crippen MR) is 60.6 cm³/mol. The Morgan fingerprint density at radius 2 is 2.12 bits per heavy atom. The summed E-state index contributed by atoms with van der Waals surface area (Å²) in [4.78, 5) is 0. The van der Waals surface area contributed by atoms with Crippen LogP contribution in [-0.2, 0) is 0 Å². The standard InChI is InChI=1S/C12H17FN2O/c1-16-11-3-2-8(13)6-10(11)12(15)7-4-9(14)5-7/h2-3,6-7,9,12H,4-5,14-15H2,1H3. The van der Waals surface area contributed by atoms with Gasteiger partial charge in [0.1, 0.15) is 11.6 Å². The van der Waals surface area contributed by atoms with Gasteiger partial charge in [0.25, 0.3) is 0 Å². The number of benzene rings is 1. The molecule has 1 saturated carbocycles. The molecule has 0 spiro atoms. The summed E-state index contributed by atoms with van der Waals surface area (Å²) < 4.78 is 18.4. The van der Waals surface area contributed by atoms with Crippen molar-refractivity contribution in [2.45, 2.75) is 24.9 Å². The third kappa shape index (κ3) is 2.03. The molecule has 3 nitrogen and oxygen atoms in total. The second-order valence-electron chi connectivity index (χ2n) is 4.40. The van der Waals surface area contributed by atoms with Crippen LogP contribution in [0.3, 0.4) is 0 Å². The first-order valence-corrected chi connectivity index (χ1v) is 5.46. The molecule has 1 atom stereocenters. The predicted octanol–water partition coefficient (Wildman–Crippen LogP) is 1.57. The van der Waals surface area contributed by atoms with Gasteiger partial charge in [-0.05, 0) is 37.0 Å². The Bertz CT molecular complexity index is 377. The van der Waals surface area contributed by atoms with Crippen LogP contribution in [0.2, 0.25) is 0 Å². The normalized spacial score (nSPS) is 26.0. The second kappa shape index (κ2) is 4.39. The summed E-state index contributed by atoms with van der Waals surface area (Å²) in [5, 5.41) is 0. The van der Waals surface area contributed by atoms with Crippen molar-refractivity contribution in [3.63, 3.8) is 0 Å². The quantitative estimate of drug-likeness (QED) is 0.819. The lowest BCUT2D eigenvalue weighted by Crippen LogP contribution is -2.41. The van der Waals surface area contributed by atoms with Gasteiger partial charge in [-0.2, -0.15) is 0 Å². The molecule has 0 saturated heterocycles. The summed E-state index contributed by atoms with van der Waals surface area (Å²) in [6, 6.07) is 4.50. The van der Waals surface area contributed by atoms with E-state index in [9.17, 15) is 4.39 Å². The first-order valence-electron chi connectivity index (χ1n) is 5.46. The average molecular weight is 224 g/mol. The van der Waals surface area contributed by atoms with Gasteiger partial charge < -0.3 is 16.2 Å². The minimum Gasteiger partial charge on any atom is -0.496 e. The average Bonchev–Trinajstić information content (AvgIpc) is 2.24. The van der Waals surface area contributed by atoms with E-state index in [0.29, 0.717) is 11.7 Å². The van der Waals surface area contributed by atoms with Crippen molar-refractivity contribution in [3.8, 4) is 5.75 Å². The minimum absolute atomic E-state index is 0.189. The molecule has 1 unspecified atom stereocenters. The number of rotatable bonds is 3. The van der Waals surface area contributed by atoms with E-state index in [1.54, 1.807) is 13.2 Å². The van der Waals surface area contributed by atoms with Gasteiger partial charge in [0.2, 0.25) is 0 Å². The second-order valence-corrected chi connectivity index (χ2v) is 4.40. The molecule has 2 rings (SSSR count). The zero-order valence-electron chi connectivity index (χ0n) is 9.32. The van der Waals surface area contributed by atoms with Gasteiger partial charge in [0.15, 0.2) is 0 Å². The molecule has 1 aromatic rings. The summed E-state index contributed by atoms with van der Waals surface area (Å²) in [5.74, 6) is 0.704. The maximum absolute atomic E-state index is 13.2. The van der Waals surface area contributed by atoms with Crippen LogP contribution in [0.4, 0.5) is 4.39 Å². The van der Waals surface area contributed by atoms with Gasteiger partial charge in [-0.25, -0.2) is 4.39 Å².